The largest absolute Gasteiger partial charge is 0.397 e. The minimum atomic E-state index is 0.446. The molecule has 2 N–H and O–H groups in total. The third-order valence-electron chi connectivity index (χ3n) is 3.01. The van der Waals surface area contributed by atoms with Crippen LogP contribution in [-0.2, 0) is 0 Å². The minimum Gasteiger partial charge on any atom is -0.397 e. The average molecular weight is 232 g/mol. The van der Waals surface area contributed by atoms with Gasteiger partial charge in [-0.25, -0.2) is 0 Å². The summed E-state index contributed by atoms with van der Waals surface area (Å²) in [4.78, 5) is 4.37. The SMILES string of the molecule is CN=C(C1=C(C)CCC(C)=C1)/C(N)=C\C(C)C. The van der Waals surface area contributed by atoms with Crippen LogP contribution in [0.5, 0.6) is 0 Å². The fourth-order valence-electron chi connectivity index (χ4n) is 2.07. The van der Waals surface area contributed by atoms with Gasteiger partial charge in [-0.2, -0.15) is 0 Å². The van der Waals surface area contributed by atoms with Gasteiger partial charge in [0.25, 0.3) is 0 Å². The van der Waals surface area contributed by atoms with E-state index in [1.807, 2.05) is 7.05 Å². The zero-order valence-electron chi connectivity index (χ0n) is 11.7. The van der Waals surface area contributed by atoms with Crippen LogP contribution >= 0.6 is 0 Å². The van der Waals surface area contributed by atoms with Crippen molar-refractivity contribution in [2.24, 2.45) is 16.6 Å². The fourth-order valence-corrected chi connectivity index (χ4v) is 2.07. The third kappa shape index (κ3) is 3.58. The Morgan fingerprint density at radius 1 is 1.35 bits per heavy atom. The fraction of sp³-hybridized carbons (Fsp3) is 0.533. The predicted molar refractivity (Wildman–Crippen MR) is 76.2 cm³/mol. The Balaban J connectivity index is 3.13. The first kappa shape index (κ1) is 13.8. The van der Waals surface area contributed by atoms with Crippen molar-refractivity contribution in [3.05, 3.63) is 34.6 Å². The van der Waals surface area contributed by atoms with Crippen LogP contribution in [0.4, 0.5) is 0 Å². The summed E-state index contributed by atoms with van der Waals surface area (Å²) >= 11 is 0. The maximum atomic E-state index is 6.13. The summed E-state index contributed by atoms with van der Waals surface area (Å²) in [5, 5.41) is 0. The van der Waals surface area contributed by atoms with Crippen molar-refractivity contribution in [2.75, 3.05) is 7.05 Å². The first-order valence-corrected chi connectivity index (χ1v) is 6.27. The Hall–Kier alpha value is -1.31. The molecule has 1 aliphatic rings. The highest BCUT2D eigenvalue weighted by Crippen LogP contribution is 2.25. The molecular formula is C15H24N2. The second-order valence-corrected chi connectivity index (χ2v) is 5.12. The van der Waals surface area contributed by atoms with Gasteiger partial charge < -0.3 is 5.73 Å². The predicted octanol–water partition coefficient (Wildman–Crippen LogP) is 3.61. The van der Waals surface area contributed by atoms with Crippen LogP contribution in [0, 0.1) is 5.92 Å². The van der Waals surface area contributed by atoms with E-state index in [0.717, 1.165) is 24.3 Å². The molecule has 0 radical (unpaired) electrons. The molecule has 0 aromatic carbocycles. The second-order valence-electron chi connectivity index (χ2n) is 5.12. The van der Waals surface area contributed by atoms with Crippen molar-refractivity contribution in [2.45, 2.75) is 40.5 Å². The number of hydrogen-bond donors (Lipinski definition) is 1. The highest BCUT2D eigenvalue weighted by atomic mass is 14.7. The summed E-state index contributed by atoms with van der Waals surface area (Å²) in [6.45, 7) is 8.60. The molecule has 0 bridgehead atoms. The van der Waals surface area contributed by atoms with E-state index in [2.05, 4.69) is 44.8 Å². The van der Waals surface area contributed by atoms with Gasteiger partial charge in [-0.15, -0.1) is 0 Å². The standard InChI is InChI=1S/C15H24N2/c1-10(2)8-14(16)15(17-5)13-9-11(3)6-7-12(13)4/h8-10H,6-7,16H2,1-5H3/b14-8+,17-15?. The minimum absolute atomic E-state index is 0.446. The van der Waals surface area contributed by atoms with E-state index in [1.54, 1.807) is 0 Å². The van der Waals surface area contributed by atoms with Gasteiger partial charge in [-0.1, -0.05) is 37.1 Å². The topological polar surface area (TPSA) is 38.4 Å². The zero-order chi connectivity index (χ0) is 13.0. The Bertz CT molecular complexity index is 407. The van der Waals surface area contributed by atoms with Crippen molar-refractivity contribution >= 4 is 5.71 Å². The number of hydrogen-bond acceptors (Lipinski definition) is 2. The van der Waals surface area contributed by atoms with Gasteiger partial charge in [0, 0.05) is 12.6 Å². The normalized spacial score (nSPS) is 18.8. The van der Waals surface area contributed by atoms with E-state index in [1.165, 1.54) is 16.7 Å². The van der Waals surface area contributed by atoms with E-state index in [0.29, 0.717) is 5.92 Å². The molecule has 0 atom stereocenters. The highest BCUT2D eigenvalue weighted by Gasteiger charge is 2.14. The number of nitrogens with zero attached hydrogens (tertiary/aromatic N) is 1. The van der Waals surface area contributed by atoms with E-state index in [9.17, 15) is 0 Å². The molecule has 0 saturated carbocycles. The Labute approximate surface area is 105 Å². The Morgan fingerprint density at radius 2 is 2.00 bits per heavy atom. The molecule has 0 amide bonds. The van der Waals surface area contributed by atoms with Crippen molar-refractivity contribution in [1.29, 1.82) is 0 Å². The van der Waals surface area contributed by atoms with Crippen LogP contribution in [0.3, 0.4) is 0 Å². The quantitative estimate of drug-likeness (QED) is 0.742. The average Bonchev–Trinajstić information content (AvgIpc) is 2.23. The van der Waals surface area contributed by atoms with Gasteiger partial charge in [-0.05, 0) is 32.6 Å². The highest BCUT2D eigenvalue weighted by molar-refractivity contribution is 6.14. The number of nitrogens with two attached hydrogens (primary N) is 1. The lowest BCUT2D eigenvalue weighted by molar-refractivity contribution is 0.824. The molecule has 2 heteroatoms. The summed E-state index contributed by atoms with van der Waals surface area (Å²) in [5.74, 6) is 0.446. The maximum absolute atomic E-state index is 6.13. The Morgan fingerprint density at radius 3 is 2.53 bits per heavy atom. The summed E-state index contributed by atoms with van der Waals surface area (Å²) < 4.78 is 0. The van der Waals surface area contributed by atoms with Crippen molar-refractivity contribution in [3.8, 4) is 0 Å². The molecule has 2 nitrogen and oxygen atoms in total. The molecule has 0 aromatic heterocycles. The summed E-state index contributed by atoms with van der Waals surface area (Å²) in [6.07, 6.45) is 6.56. The number of aliphatic imine (C=N–C) groups is 1. The van der Waals surface area contributed by atoms with E-state index in [4.69, 9.17) is 5.73 Å². The van der Waals surface area contributed by atoms with Crippen molar-refractivity contribution in [3.63, 3.8) is 0 Å². The summed E-state index contributed by atoms with van der Waals surface area (Å²) in [7, 11) is 1.81. The third-order valence-corrected chi connectivity index (χ3v) is 3.01. The molecule has 0 spiro atoms. The second kappa shape index (κ2) is 5.85. The maximum Gasteiger partial charge on any atom is 0.0868 e. The van der Waals surface area contributed by atoms with Crippen molar-refractivity contribution < 1.29 is 0 Å². The molecule has 0 fully saturated rings. The summed E-state index contributed by atoms with van der Waals surface area (Å²) in [6, 6.07) is 0. The first-order valence-electron chi connectivity index (χ1n) is 6.27. The Kier molecular flexibility index (Phi) is 4.73. The zero-order valence-corrected chi connectivity index (χ0v) is 11.7. The smallest absolute Gasteiger partial charge is 0.0868 e. The molecule has 17 heavy (non-hydrogen) atoms. The van der Waals surface area contributed by atoms with Gasteiger partial charge in [0.05, 0.1) is 11.4 Å². The van der Waals surface area contributed by atoms with Crippen LogP contribution in [0.2, 0.25) is 0 Å². The van der Waals surface area contributed by atoms with E-state index < -0.39 is 0 Å². The molecule has 1 rings (SSSR count). The van der Waals surface area contributed by atoms with Gasteiger partial charge in [-0.3, -0.25) is 4.99 Å². The van der Waals surface area contributed by atoms with Crippen LogP contribution in [0.1, 0.15) is 40.5 Å². The number of rotatable bonds is 3. The van der Waals surface area contributed by atoms with Crippen LogP contribution in [-0.4, -0.2) is 12.8 Å². The van der Waals surface area contributed by atoms with Gasteiger partial charge in [0.1, 0.15) is 0 Å². The van der Waals surface area contributed by atoms with E-state index in [-0.39, 0.29) is 0 Å². The lowest BCUT2D eigenvalue weighted by atomic mass is 9.90. The van der Waals surface area contributed by atoms with Crippen LogP contribution < -0.4 is 5.73 Å². The summed E-state index contributed by atoms with van der Waals surface area (Å²) in [5.41, 5.74) is 11.9. The molecular weight excluding hydrogens is 208 g/mol. The lowest BCUT2D eigenvalue weighted by Gasteiger charge is -2.18. The molecule has 0 aromatic rings. The molecule has 94 valence electrons. The monoisotopic (exact) mass is 232 g/mol. The van der Waals surface area contributed by atoms with E-state index >= 15 is 0 Å². The molecule has 0 heterocycles. The first-order chi connectivity index (χ1) is 7.95. The van der Waals surface area contributed by atoms with Crippen LogP contribution in [0.25, 0.3) is 0 Å². The van der Waals surface area contributed by atoms with Gasteiger partial charge in [0.15, 0.2) is 0 Å². The van der Waals surface area contributed by atoms with Gasteiger partial charge >= 0.3 is 0 Å². The molecule has 0 saturated heterocycles. The van der Waals surface area contributed by atoms with Crippen molar-refractivity contribution in [1.82, 2.24) is 0 Å². The van der Waals surface area contributed by atoms with Gasteiger partial charge in [0.2, 0.25) is 0 Å². The lowest BCUT2D eigenvalue weighted by Crippen LogP contribution is -2.17. The molecule has 1 aliphatic carbocycles. The molecule has 0 unspecified atom stereocenters. The van der Waals surface area contributed by atoms with Crippen LogP contribution in [0.15, 0.2) is 39.6 Å². The molecule has 0 aliphatic heterocycles. The number of allylic oxidation sites excluding steroid dienone is 5.